The van der Waals surface area contributed by atoms with Gasteiger partial charge in [-0.1, -0.05) is 84.9 Å². The van der Waals surface area contributed by atoms with Crippen molar-refractivity contribution in [2.75, 3.05) is 0 Å². The molecule has 225 valence electrons. The monoisotopic (exact) mass is 633 g/mol. The molecule has 0 spiro atoms. The number of aromatic nitrogens is 2. The van der Waals surface area contributed by atoms with Gasteiger partial charge in [0.25, 0.3) is 0 Å². The standard InChI is InChI=1S/C42H26BN2O2S/c46-43-47-40-25-29(24-35-32-14-6-9-17-41(32)48-42(35)40)45-37-16-8-5-13-31(37)34-23-27(19-21-39(34)45)26-18-20-38-33(22-26)30-12-4-7-15-36(30)44(38)28-10-2-1-3-11-28/h1-25,46H. The Morgan fingerprint density at radius 3 is 1.65 bits per heavy atom. The summed E-state index contributed by atoms with van der Waals surface area (Å²) in [4.78, 5) is 0. The van der Waals surface area contributed by atoms with Crippen LogP contribution in [-0.2, 0) is 0 Å². The molecule has 0 saturated carbocycles. The Hall–Kier alpha value is -5.82. The van der Waals surface area contributed by atoms with Crippen molar-refractivity contribution in [2.24, 2.45) is 0 Å². The lowest BCUT2D eigenvalue weighted by molar-refractivity contribution is 0.457. The van der Waals surface area contributed by atoms with Crippen molar-refractivity contribution in [1.29, 1.82) is 0 Å². The molecule has 0 aliphatic carbocycles. The van der Waals surface area contributed by atoms with Gasteiger partial charge in [-0.15, -0.1) is 11.3 Å². The summed E-state index contributed by atoms with van der Waals surface area (Å²) >= 11 is 1.68. The van der Waals surface area contributed by atoms with Crippen LogP contribution in [0.1, 0.15) is 0 Å². The van der Waals surface area contributed by atoms with Crippen LogP contribution in [-0.4, -0.2) is 21.8 Å². The van der Waals surface area contributed by atoms with Gasteiger partial charge in [0.05, 0.1) is 32.5 Å². The fraction of sp³-hybridized carbons (Fsp3) is 0. The van der Waals surface area contributed by atoms with Gasteiger partial charge in [0.1, 0.15) is 5.75 Å². The lowest BCUT2D eigenvalue weighted by atomic mass is 10.0. The number of rotatable bonds is 5. The fourth-order valence-corrected chi connectivity index (χ4v) is 8.63. The predicted octanol–water partition coefficient (Wildman–Crippen LogP) is 10.8. The van der Waals surface area contributed by atoms with Crippen molar-refractivity contribution < 1.29 is 9.68 Å². The van der Waals surface area contributed by atoms with E-state index < -0.39 is 0 Å². The number of nitrogens with zero attached hydrogens (tertiary/aromatic N) is 2. The van der Waals surface area contributed by atoms with E-state index in [0.29, 0.717) is 5.75 Å². The number of thiophene rings is 1. The molecule has 0 bridgehead atoms. The molecule has 48 heavy (non-hydrogen) atoms. The van der Waals surface area contributed by atoms with E-state index in [1.54, 1.807) is 11.3 Å². The molecule has 1 radical (unpaired) electrons. The summed E-state index contributed by atoms with van der Waals surface area (Å²) in [6.45, 7) is 0. The molecule has 10 aromatic rings. The van der Waals surface area contributed by atoms with Gasteiger partial charge >= 0.3 is 7.69 Å². The molecular formula is C42H26BN2O2S. The second kappa shape index (κ2) is 10.6. The van der Waals surface area contributed by atoms with E-state index in [2.05, 4.69) is 155 Å². The molecule has 6 heteroatoms. The summed E-state index contributed by atoms with van der Waals surface area (Å²) in [6.07, 6.45) is 0. The minimum absolute atomic E-state index is 0.636. The van der Waals surface area contributed by atoms with Gasteiger partial charge in [0.15, 0.2) is 0 Å². The molecule has 0 aliphatic heterocycles. The highest BCUT2D eigenvalue weighted by Gasteiger charge is 2.18. The fourth-order valence-electron chi connectivity index (χ4n) is 7.49. The highest BCUT2D eigenvalue weighted by atomic mass is 32.1. The van der Waals surface area contributed by atoms with E-state index in [-0.39, 0.29) is 0 Å². The van der Waals surface area contributed by atoms with Gasteiger partial charge in [0, 0.05) is 48.8 Å². The first-order valence-electron chi connectivity index (χ1n) is 16.0. The van der Waals surface area contributed by atoms with E-state index in [0.717, 1.165) is 40.2 Å². The Balaban J connectivity index is 1.19. The SMILES string of the molecule is O[B]Oc1cc(-n2c3ccccc3c3cc(-c4ccc5c(c4)c4ccccc4n5-c4ccccc4)ccc32)cc2c1sc1ccccc12. The van der Waals surface area contributed by atoms with Crippen LogP contribution in [0.25, 0.3) is 86.3 Å². The van der Waals surface area contributed by atoms with Crippen molar-refractivity contribution in [3.05, 3.63) is 152 Å². The molecule has 3 aromatic heterocycles. The van der Waals surface area contributed by atoms with Crippen molar-refractivity contribution >= 4 is 82.8 Å². The van der Waals surface area contributed by atoms with Gasteiger partial charge < -0.3 is 18.8 Å². The third kappa shape index (κ3) is 4.00. The van der Waals surface area contributed by atoms with E-state index in [9.17, 15) is 5.02 Å². The summed E-state index contributed by atoms with van der Waals surface area (Å²) < 4.78 is 12.6. The molecule has 0 aliphatic rings. The lowest BCUT2D eigenvalue weighted by Crippen LogP contribution is -2.01. The molecule has 0 fully saturated rings. The van der Waals surface area contributed by atoms with Crippen LogP contribution in [0.4, 0.5) is 0 Å². The Morgan fingerprint density at radius 2 is 1.00 bits per heavy atom. The number of benzene rings is 7. The normalized spacial score (nSPS) is 11.9. The average Bonchev–Trinajstić information content (AvgIpc) is 3.79. The van der Waals surface area contributed by atoms with E-state index in [1.165, 1.54) is 53.8 Å². The zero-order chi connectivity index (χ0) is 31.8. The minimum Gasteiger partial charge on any atom is -0.536 e. The second-order valence-electron chi connectivity index (χ2n) is 12.1. The van der Waals surface area contributed by atoms with Gasteiger partial charge in [-0.05, 0) is 71.8 Å². The van der Waals surface area contributed by atoms with Crippen LogP contribution in [0.3, 0.4) is 0 Å². The zero-order valence-corrected chi connectivity index (χ0v) is 26.5. The zero-order valence-electron chi connectivity index (χ0n) is 25.7. The van der Waals surface area contributed by atoms with E-state index in [4.69, 9.17) is 4.65 Å². The molecule has 0 amide bonds. The predicted molar refractivity (Wildman–Crippen MR) is 202 cm³/mol. The maximum atomic E-state index is 9.69. The summed E-state index contributed by atoms with van der Waals surface area (Å²) in [7, 11) is 0.773. The third-order valence-electron chi connectivity index (χ3n) is 9.56. The van der Waals surface area contributed by atoms with Crippen LogP contribution >= 0.6 is 11.3 Å². The second-order valence-corrected chi connectivity index (χ2v) is 13.2. The first kappa shape index (κ1) is 27.3. The third-order valence-corrected chi connectivity index (χ3v) is 10.8. The van der Waals surface area contributed by atoms with Crippen LogP contribution in [0.2, 0.25) is 0 Å². The molecule has 4 nitrogen and oxygen atoms in total. The maximum absolute atomic E-state index is 9.69. The smallest absolute Gasteiger partial charge is 0.536 e. The molecule has 1 N–H and O–H groups in total. The average molecular weight is 634 g/mol. The summed E-state index contributed by atoms with van der Waals surface area (Å²) in [5.41, 5.74) is 9.11. The van der Waals surface area contributed by atoms with Crippen LogP contribution in [0.15, 0.2) is 152 Å². The first-order chi connectivity index (χ1) is 23.8. The van der Waals surface area contributed by atoms with Gasteiger partial charge in [-0.25, -0.2) is 0 Å². The van der Waals surface area contributed by atoms with Crippen molar-refractivity contribution in [3.8, 4) is 28.3 Å². The number of hydrogen-bond donors (Lipinski definition) is 1. The lowest BCUT2D eigenvalue weighted by Gasteiger charge is -2.12. The van der Waals surface area contributed by atoms with Gasteiger partial charge in [0.2, 0.25) is 0 Å². The largest absolute Gasteiger partial charge is 0.569 e. The van der Waals surface area contributed by atoms with Gasteiger partial charge in [-0.3, -0.25) is 0 Å². The molecule has 0 saturated heterocycles. The molecule has 0 atom stereocenters. The van der Waals surface area contributed by atoms with E-state index >= 15 is 0 Å². The maximum Gasteiger partial charge on any atom is 0.569 e. The molecule has 0 unspecified atom stereocenters. The number of hydrogen-bond acceptors (Lipinski definition) is 3. The molecule has 3 heterocycles. The van der Waals surface area contributed by atoms with Crippen LogP contribution < -0.4 is 4.65 Å². The minimum atomic E-state index is 0.636. The Morgan fingerprint density at radius 1 is 0.458 bits per heavy atom. The quantitative estimate of drug-likeness (QED) is 0.192. The Bertz CT molecular complexity index is 2870. The number of para-hydroxylation sites is 3. The number of fused-ring (bicyclic) bond motifs is 9. The molecule has 10 rings (SSSR count). The topological polar surface area (TPSA) is 39.3 Å². The Kier molecular flexibility index (Phi) is 6.04. The summed E-state index contributed by atoms with van der Waals surface area (Å²) in [5.74, 6) is 0.636. The van der Waals surface area contributed by atoms with Crippen molar-refractivity contribution in [1.82, 2.24) is 9.13 Å². The highest BCUT2D eigenvalue weighted by Crippen LogP contribution is 2.43. The summed E-state index contributed by atoms with van der Waals surface area (Å²) in [6, 6.07) is 54.1. The summed E-state index contributed by atoms with van der Waals surface area (Å²) in [5, 5.41) is 16.8. The van der Waals surface area contributed by atoms with Crippen LogP contribution in [0, 0.1) is 0 Å². The van der Waals surface area contributed by atoms with Gasteiger partial charge in [-0.2, -0.15) is 0 Å². The first-order valence-corrected chi connectivity index (χ1v) is 16.8. The van der Waals surface area contributed by atoms with Crippen molar-refractivity contribution in [2.45, 2.75) is 0 Å². The molecule has 7 aromatic carbocycles. The highest BCUT2D eigenvalue weighted by molar-refractivity contribution is 7.26. The van der Waals surface area contributed by atoms with Crippen LogP contribution in [0.5, 0.6) is 5.75 Å². The molecular weight excluding hydrogens is 607 g/mol. The van der Waals surface area contributed by atoms with Crippen molar-refractivity contribution in [3.63, 3.8) is 0 Å². The Labute approximate surface area is 280 Å². The van der Waals surface area contributed by atoms with E-state index in [1.807, 2.05) is 6.07 Å².